The molecule has 2 aromatic carbocycles. The van der Waals surface area contributed by atoms with Gasteiger partial charge >= 0.3 is 0 Å². The lowest BCUT2D eigenvalue weighted by Crippen LogP contribution is -2.12. The number of fused-ring (bicyclic) bond motifs is 1. The largest absolute Gasteiger partial charge is 0.384 e. The molecule has 0 amide bonds. The van der Waals surface area contributed by atoms with Crippen molar-refractivity contribution >= 4 is 5.69 Å². The number of hydrogen-bond acceptors (Lipinski definition) is 1. The quantitative estimate of drug-likeness (QED) is 0.763. The fourth-order valence-electron chi connectivity index (χ4n) is 2.46. The molecule has 1 nitrogen and oxygen atoms in total. The van der Waals surface area contributed by atoms with Gasteiger partial charge in [-0.05, 0) is 36.1 Å². The maximum absolute atomic E-state index is 13.3. The van der Waals surface area contributed by atoms with Gasteiger partial charge in [0, 0.05) is 17.8 Å². The van der Waals surface area contributed by atoms with E-state index in [1.54, 1.807) is 6.07 Å². The summed E-state index contributed by atoms with van der Waals surface area (Å²) in [6.07, 6.45) is 1.96. The van der Waals surface area contributed by atoms with E-state index in [2.05, 4.69) is 5.32 Å². The van der Waals surface area contributed by atoms with E-state index in [4.69, 9.17) is 0 Å². The first-order chi connectivity index (χ1) is 9.16. The van der Waals surface area contributed by atoms with Crippen molar-refractivity contribution in [2.24, 2.45) is 0 Å². The van der Waals surface area contributed by atoms with Crippen molar-refractivity contribution in [2.45, 2.75) is 12.8 Å². The van der Waals surface area contributed by atoms with Crippen molar-refractivity contribution in [3.8, 4) is 11.1 Å². The number of nitrogens with one attached hydrogen (secondary N) is 1. The Bertz CT molecular complexity index is 614. The average Bonchev–Trinajstić information content (AvgIpc) is 2.43. The Morgan fingerprint density at radius 2 is 1.74 bits per heavy atom. The van der Waals surface area contributed by atoms with Gasteiger partial charge in [0.05, 0.1) is 0 Å². The van der Waals surface area contributed by atoms with Gasteiger partial charge in [-0.3, -0.25) is 0 Å². The number of hydrogen-bond donors (Lipinski definition) is 1. The molecule has 98 valence electrons. The molecular weight excluding hydrogens is 251 g/mol. The van der Waals surface area contributed by atoms with E-state index in [0.717, 1.165) is 42.8 Å². The minimum Gasteiger partial charge on any atom is -0.384 e. The van der Waals surface area contributed by atoms with Crippen LogP contribution in [0, 0.1) is 17.5 Å². The van der Waals surface area contributed by atoms with Crippen LogP contribution in [0.15, 0.2) is 30.3 Å². The van der Waals surface area contributed by atoms with Gasteiger partial charge in [-0.2, -0.15) is 0 Å². The monoisotopic (exact) mass is 263 g/mol. The minimum absolute atomic E-state index is 0.350. The van der Waals surface area contributed by atoms with E-state index in [0.29, 0.717) is 11.1 Å². The molecule has 19 heavy (non-hydrogen) atoms. The van der Waals surface area contributed by atoms with Gasteiger partial charge in [-0.15, -0.1) is 0 Å². The fourth-order valence-corrected chi connectivity index (χ4v) is 2.46. The summed E-state index contributed by atoms with van der Waals surface area (Å²) in [5, 5.41) is 3.24. The third kappa shape index (κ3) is 2.07. The third-order valence-corrected chi connectivity index (χ3v) is 3.37. The molecule has 4 heteroatoms. The van der Waals surface area contributed by atoms with Crippen LogP contribution >= 0.6 is 0 Å². The summed E-state index contributed by atoms with van der Waals surface area (Å²) < 4.78 is 39.6. The Balaban J connectivity index is 2.17. The second-order valence-corrected chi connectivity index (χ2v) is 4.62. The van der Waals surface area contributed by atoms with E-state index < -0.39 is 17.5 Å². The zero-order chi connectivity index (χ0) is 13.4. The van der Waals surface area contributed by atoms with Gasteiger partial charge in [0.2, 0.25) is 0 Å². The summed E-state index contributed by atoms with van der Waals surface area (Å²) >= 11 is 0. The van der Waals surface area contributed by atoms with Crippen molar-refractivity contribution < 1.29 is 13.2 Å². The minimum atomic E-state index is -1.43. The van der Waals surface area contributed by atoms with Gasteiger partial charge in [0.15, 0.2) is 17.5 Å². The first-order valence-electron chi connectivity index (χ1n) is 6.17. The van der Waals surface area contributed by atoms with E-state index in [-0.39, 0.29) is 0 Å². The molecule has 1 aliphatic rings. The molecule has 3 rings (SSSR count). The zero-order valence-corrected chi connectivity index (χ0v) is 10.1. The van der Waals surface area contributed by atoms with Crippen LogP contribution in [-0.2, 0) is 6.42 Å². The summed E-state index contributed by atoms with van der Waals surface area (Å²) in [4.78, 5) is 0. The molecule has 1 N–H and O–H groups in total. The van der Waals surface area contributed by atoms with Crippen LogP contribution in [0.4, 0.5) is 18.9 Å². The second-order valence-electron chi connectivity index (χ2n) is 4.62. The van der Waals surface area contributed by atoms with Crippen LogP contribution in [0.1, 0.15) is 12.0 Å². The van der Waals surface area contributed by atoms with Gasteiger partial charge in [-0.25, -0.2) is 13.2 Å². The Morgan fingerprint density at radius 3 is 2.47 bits per heavy atom. The molecule has 0 radical (unpaired) electrons. The Labute approximate surface area is 109 Å². The predicted octanol–water partition coefficient (Wildman–Crippen LogP) is 4.13. The fraction of sp³-hybridized carbons (Fsp3) is 0.200. The summed E-state index contributed by atoms with van der Waals surface area (Å²) in [5.74, 6) is -3.76. The van der Waals surface area contributed by atoms with E-state index in [9.17, 15) is 13.2 Å². The second kappa shape index (κ2) is 4.61. The molecule has 0 saturated heterocycles. The zero-order valence-electron chi connectivity index (χ0n) is 10.1. The Kier molecular flexibility index (Phi) is 2.93. The SMILES string of the molecule is Fc1cc(-c2cccc3c2NCCC3)cc(F)c1F. The summed E-state index contributed by atoms with van der Waals surface area (Å²) in [6.45, 7) is 0.830. The number of aryl methyl sites for hydroxylation is 1. The van der Waals surface area contributed by atoms with Crippen LogP contribution in [0.2, 0.25) is 0 Å². The molecule has 0 atom stereocenters. The van der Waals surface area contributed by atoms with E-state index >= 15 is 0 Å². The van der Waals surface area contributed by atoms with Crippen molar-refractivity contribution in [3.05, 3.63) is 53.3 Å². The standard InChI is InChI=1S/C15H12F3N/c16-12-7-10(8-13(17)14(12)18)11-5-1-3-9-4-2-6-19-15(9)11/h1,3,5,7-8,19H,2,4,6H2. The Morgan fingerprint density at radius 1 is 1.00 bits per heavy atom. The predicted molar refractivity (Wildman–Crippen MR) is 68.6 cm³/mol. The highest BCUT2D eigenvalue weighted by atomic mass is 19.2. The number of halogens is 3. The molecular formula is C15H12F3N. The topological polar surface area (TPSA) is 12.0 Å². The van der Waals surface area contributed by atoms with Crippen LogP contribution in [0.5, 0.6) is 0 Å². The normalized spacial score (nSPS) is 13.8. The molecule has 0 unspecified atom stereocenters. The average molecular weight is 263 g/mol. The van der Waals surface area contributed by atoms with Gasteiger partial charge < -0.3 is 5.32 Å². The summed E-state index contributed by atoms with van der Waals surface area (Å²) in [5.41, 5.74) is 3.06. The highest BCUT2D eigenvalue weighted by Gasteiger charge is 2.17. The molecule has 0 fully saturated rings. The number of para-hydroxylation sites is 1. The van der Waals surface area contributed by atoms with Crippen LogP contribution < -0.4 is 5.32 Å². The van der Waals surface area contributed by atoms with Crippen molar-refractivity contribution in [3.63, 3.8) is 0 Å². The van der Waals surface area contributed by atoms with Crippen LogP contribution in [0.25, 0.3) is 11.1 Å². The lowest BCUT2D eigenvalue weighted by Gasteiger charge is -2.21. The van der Waals surface area contributed by atoms with Crippen molar-refractivity contribution in [1.82, 2.24) is 0 Å². The van der Waals surface area contributed by atoms with Crippen molar-refractivity contribution in [1.29, 1.82) is 0 Å². The first-order valence-corrected chi connectivity index (χ1v) is 6.17. The van der Waals surface area contributed by atoms with Crippen LogP contribution in [0.3, 0.4) is 0 Å². The summed E-state index contributed by atoms with van der Waals surface area (Å²) in [7, 11) is 0. The lowest BCUT2D eigenvalue weighted by molar-refractivity contribution is 0.448. The molecule has 0 bridgehead atoms. The molecule has 0 spiro atoms. The smallest absolute Gasteiger partial charge is 0.194 e. The molecule has 0 saturated carbocycles. The van der Waals surface area contributed by atoms with E-state index in [1.807, 2.05) is 12.1 Å². The molecule has 1 heterocycles. The molecule has 0 aliphatic carbocycles. The summed E-state index contributed by atoms with van der Waals surface area (Å²) in [6, 6.07) is 7.68. The van der Waals surface area contributed by atoms with Gasteiger partial charge in [0.25, 0.3) is 0 Å². The Hall–Kier alpha value is -1.97. The maximum atomic E-state index is 13.3. The number of benzene rings is 2. The molecule has 0 aromatic heterocycles. The number of anilines is 1. The maximum Gasteiger partial charge on any atom is 0.194 e. The highest BCUT2D eigenvalue weighted by molar-refractivity contribution is 5.80. The molecule has 2 aromatic rings. The van der Waals surface area contributed by atoms with Gasteiger partial charge in [-0.1, -0.05) is 18.2 Å². The third-order valence-electron chi connectivity index (χ3n) is 3.37. The number of rotatable bonds is 1. The lowest BCUT2D eigenvalue weighted by atomic mass is 9.95. The highest BCUT2D eigenvalue weighted by Crippen LogP contribution is 2.34. The first kappa shape index (κ1) is 12.1. The van der Waals surface area contributed by atoms with Crippen LogP contribution in [-0.4, -0.2) is 6.54 Å². The van der Waals surface area contributed by atoms with Crippen molar-refractivity contribution in [2.75, 3.05) is 11.9 Å². The van der Waals surface area contributed by atoms with E-state index in [1.165, 1.54) is 0 Å². The molecule has 1 aliphatic heterocycles. The van der Waals surface area contributed by atoms with Gasteiger partial charge in [0.1, 0.15) is 0 Å².